The lowest BCUT2D eigenvalue weighted by atomic mass is 10.0. The molecular formula is C20H22N4O4. The van der Waals surface area contributed by atoms with E-state index in [2.05, 4.69) is 9.97 Å². The summed E-state index contributed by atoms with van der Waals surface area (Å²) < 4.78 is 11.7. The molecule has 8 heteroatoms. The number of nitrogens with zero attached hydrogens (tertiary/aromatic N) is 4. The predicted molar refractivity (Wildman–Crippen MR) is 101 cm³/mol. The summed E-state index contributed by atoms with van der Waals surface area (Å²) in [6.45, 7) is 3.46. The van der Waals surface area contributed by atoms with Crippen LogP contribution in [0.5, 0.6) is 0 Å². The van der Waals surface area contributed by atoms with Gasteiger partial charge in [0.05, 0.1) is 26.3 Å². The van der Waals surface area contributed by atoms with Crippen LogP contribution < -0.4 is 4.90 Å². The highest BCUT2D eigenvalue weighted by Crippen LogP contribution is 2.27. The molecule has 2 aromatic rings. The number of para-hydroxylation sites is 1. The molecule has 3 heterocycles. The number of benzene rings is 1. The fourth-order valence-corrected chi connectivity index (χ4v) is 3.56. The smallest absolute Gasteiger partial charge is 0.291 e. The number of carbonyl (C=O) groups is 2. The standard InChI is InChI=1S/C20H22N4O4/c1-15-7-8-21-18(22-15)19(26)23-9-10-28-20(12-23)13-24(17(25)11-27-14-20)16-5-3-2-4-6-16/h2-8H,9-14H2,1H3. The van der Waals surface area contributed by atoms with E-state index >= 15 is 0 Å². The van der Waals surface area contributed by atoms with Gasteiger partial charge < -0.3 is 19.3 Å². The van der Waals surface area contributed by atoms with Crippen molar-refractivity contribution in [3.05, 3.63) is 54.1 Å². The molecule has 0 radical (unpaired) electrons. The van der Waals surface area contributed by atoms with Crippen molar-refractivity contribution in [2.45, 2.75) is 12.5 Å². The Labute approximate surface area is 163 Å². The van der Waals surface area contributed by atoms with E-state index in [-0.39, 0.29) is 30.9 Å². The normalized spacial score (nSPS) is 23.0. The lowest BCUT2D eigenvalue weighted by molar-refractivity contribution is -0.128. The summed E-state index contributed by atoms with van der Waals surface area (Å²) >= 11 is 0. The van der Waals surface area contributed by atoms with Crippen LogP contribution in [0, 0.1) is 6.92 Å². The maximum absolute atomic E-state index is 12.9. The molecule has 2 amide bonds. The van der Waals surface area contributed by atoms with Gasteiger partial charge in [0.15, 0.2) is 0 Å². The third-order valence-corrected chi connectivity index (χ3v) is 4.93. The Morgan fingerprint density at radius 3 is 2.79 bits per heavy atom. The Bertz CT molecular complexity index is 876. The first-order chi connectivity index (χ1) is 13.6. The fraction of sp³-hybridized carbons (Fsp3) is 0.400. The van der Waals surface area contributed by atoms with Crippen LogP contribution in [0.25, 0.3) is 0 Å². The van der Waals surface area contributed by atoms with E-state index in [4.69, 9.17) is 9.47 Å². The third kappa shape index (κ3) is 3.74. The number of rotatable bonds is 2. The highest BCUT2D eigenvalue weighted by molar-refractivity contribution is 5.95. The van der Waals surface area contributed by atoms with E-state index in [9.17, 15) is 9.59 Å². The van der Waals surface area contributed by atoms with Crippen LogP contribution in [-0.2, 0) is 14.3 Å². The lowest BCUT2D eigenvalue weighted by Crippen LogP contribution is -2.60. The van der Waals surface area contributed by atoms with Crippen LogP contribution in [0.1, 0.15) is 16.3 Å². The van der Waals surface area contributed by atoms with Crippen molar-refractivity contribution in [1.82, 2.24) is 14.9 Å². The Morgan fingerprint density at radius 1 is 1.18 bits per heavy atom. The Morgan fingerprint density at radius 2 is 2.00 bits per heavy atom. The molecule has 1 spiro atoms. The van der Waals surface area contributed by atoms with Gasteiger partial charge in [-0.05, 0) is 25.1 Å². The zero-order valence-electron chi connectivity index (χ0n) is 15.7. The SMILES string of the molecule is Cc1ccnc(C(=O)N2CCOC3(COCC(=O)N(c4ccccc4)C3)C2)n1. The van der Waals surface area contributed by atoms with Crippen molar-refractivity contribution >= 4 is 17.5 Å². The second-order valence-electron chi connectivity index (χ2n) is 7.09. The number of morpholine rings is 1. The molecule has 1 aromatic carbocycles. The summed E-state index contributed by atoms with van der Waals surface area (Å²) in [7, 11) is 0. The molecular weight excluding hydrogens is 360 g/mol. The molecule has 146 valence electrons. The first-order valence-corrected chi connectivity index (χ1v) is 9.22. The van der Waals surface area contributed by atoms with Crippen molar-refractivity contribution in [1.29, 1.82) is 0 Å². The van der Waals surface area contributed by atoms with Gasteiger partial charge in [0.25, 0.3) is 11.8 Å². The zero-order valence-corrected chi connectivity index (χ0v) is 15.7. The van der Waals surface area contributed by atoms with E-state index in [1.807, 2.05) is 37.3 Å². The van der Waals surface area contributed by atoms with Gasteiger partial charge >= 0.3 is 0 Å². The molecule has 0 N–H and O–H groups in total. The number of ether oxygens (including phenoxy) is 2. The molecule has 2 aliphatic heterocycles. The molecule has 0 bridgehead atoms. The second kappa shape index (κ2) is 7.65. The number of hydrogen-bond acceptors (Lipinski definition) is 6. The number of anilines is 1. The summed E-state index contributed by atoms with van der Waals surface area (Å²) in [5, 5.41) is 0. The highest BCUT2D eigenvalue weighted by Gasteiger charge is 2.44. The monoisotopic (exact) mass is 382 g/mol. The van der Waals surface area contributed by atoms with Gasteiger partial charge in [0, 0.05) is 24.1 Å². The number of hydrogen-bond donors (Lipinski definition) is 0. The summed E-state index contributed by atoms with van der Waals surface area (Å²) in [5.74, 6) is -0.201. The van der Waals surface area contributed by atoms with Crippen LogP contribution in [0.4, 0.5) is 5.69 Å². The first kappa shape index (κ1) is 18.5. The topological polar surface area (TPSA) is 84.9 Å². The largest absolute Gasteiger partial charge is 0.368 e. The molecule has 1 atom stereocenters. The number of carbonyl (C=O) groups excluding carboxylic acids is 2. The Kier molecular flexibility index (Phi) is 5.06. The summed E-state index contributed by atoms with van der Waals surface area (Å²) in [4.78, 5) is 37.2. The number of aryl methyl sites for hydroxylation is 1. The van der Waals surface area contributed by atoms with Gasteiger partial charge in [-0.3, -0.25) is 9.59 Å². The molecule has 0 saturated carbocycles. The van der Waals surface area contributed by atoms with Gasteiger partial charge in [-0.1, -0.05) is 18.2 Å². The quantitative estimate of drug-likeness (QED) is 0.772. The van der Waals surface area contributed by atoms with E-state index in [0.717, 1.165) is 11.4 Å². The minimum atomic E-state index is -0.792. The van der Waals surface area contributed by atoms with Crippen LogP contribution in [0.3, 0.4) is 0 Å². The minimum Gasteiger partial charge on any atom is -0.368 e. The van der Waals surface area contributed by atoms with E-state index in [1.54, 1.807) is 22.1 Å². The van der Waals surface area contributed by atoms with Crippen molar-refractivity contribution in [2.75, 3.05) is 44.4 Å². The summed E-state index contributed by atoms with van der Waals surface area (Å²) in [6.07, 6.45) is 1.58. The average Bonchev–Trinajstić information content (AvgIpc) is 2.87. The van der Waals surface area contributed by atoms with Crippen LogP contribution in [-0.4, -0.2) is 71.7 Å². The number of aromatic nitrogens is 2. The Hall–Kier alpha value is -2.84. The molecule has 0 aliphatic carbocycles. The van der Waals surface area contributed by atoms with E-state index in [1.165, 1.54) is 0 Å². The molecule has 1 aromatic heterocycles. The van der Waals surface area contributed by atoms with Gasteiger partial charge in [0.1, 0.15) is 12.2 Å². The molecule has 4 rings (SSSR count). The molecule has 2 aliphatic rings. The first-order valence-electron chi connectivity index (χ1n) is 9.22. The van der Waals surface area contributed by atoms with Gasteiger partial charge in [0.2, 0.25) is 5.82 Å². The number of amides is 2. The summed E-state index contributed by atoms with van der Waals surface area (Å²) in [5.41, 5.74) is 0.728. The van der Waals surface area contributed by atoms with E-state index < -0.39 is 5.60 Å². The summed E-state index contributed by atoms with van der Waals surface area (Å²) in [6, 6.07) is 11.2. The van der Waals surface area contributed by atoms with Gasteiger partial charge in [-0.25, -0.2) is 9.97 Å². The van der Waals surface area contributed by atoms with Crippen molar-refractivity contribution < 1.29 is 19.1 Å². The minimum absolute atomic E-state index is 0.0189. The van der Waals surface area contributed by atoms with Crippen molar-refractivity contribution in [2.24, 2.45) is 0 Å². The molecule has 8 nitrogen and oxygen atoms in total. The second-order valence-corrected chi connectivity index (χ2v) is 7.09. The van der Waals surface area contributed by atoms with Gasteiger partial charge in [-0.2, -0.15) is 0 Å². The zero-order chi connectivity index (χ0) is 19.6. The van der Waals surface area contributed by atoms with Crippen LogP contribution >= 0.6 is 0 Å². The molecule has 2 fully saturated rings. The van der Waals surface area contributed by atoms with Crippen LogP contribution in [0.15, 0.2) is 42.6 Å². The van der Waals surface area contributed by atoms with Crippen molar-refractivity contribution in [3.8, 4) is 0 Å². The Balaban J connectivity index is 1.57. The maximum atomic E-state index is 12.9. The predicted octanol–water partition coefficient (Wildman–Crippen LogP) is 1.06. The lowest BCUT2D eigenvalue weighted by Gasteiger charge is -2.43. The highest BCUT2D eigenvalue weighted by atomic mass is 16.5. The third-order valence-electron chi connectivity index (χ3n) is 4.93. The van der Waals surface area contributed by atoms with Crippen LogP contribution in [0.2, 0.25) is 0 Å². The molecule has 2 saturated heterocycles. The molecule has 28 heavy (non-hydrogen) atoms. The van der Waals surface area contributed by atoms with E-state index in [0.29, 0.717) is 26.2 Å². The molecule has 1 unspecified atom stereocenters. The van der Waals surface area contributed by atoms with Crippen molar-refractivity contribution in [3.63, 3.8) is 0 Å². The fourth-order valence-electron chi connectivity index (χ4n) is 3.56. The van der Waals surface area contributed by atoms with Gasteiger partial charge in [-0.15, -0.1) is 0 Å². The maximum Gasteiger partial charge on any atom is 0.291 e. The average molecular weight is 382 g/mol.